The Labute approximate surface area is 217 Å². The zero-order valence-corrected chi connectivity index (χ0v) is 20.9. The molecule has 6 nitrogen and oxygen atoms in total. The standard InChI is InChI=1S/C31H31N3O3/c1-34(27-17-6-3-7-18-27)31(36)25-15-10-16-26(22-25)32-23-30(35)33-28-19-8-9-20-29(28)37-21-11-14-24-12-4-2-5-13-24/h2-10,12-13,15-20,22,32H,11,14,21,23H2,1H3,(H,33,35). The molecule has 0 saturated heterocycles. The number of hydrogen-bond acceptors (Lipinski definition) is 4. The molecule has 0 aromatic heterocycles. The van der Waals surface area contributed by atoms with Crippen molar-refractivity contribution in [3.63, 3.8) is 0 Å². The Balaban J connectivity index is 1.28. The Morgan fingerprint density at radius 3 is 2.30 bits per heavy atom. The maximum Gasteiger partial charge on any atom is 0.258 e. The predicted molar refractivity (Wildman–Crippen MR) is 149 cm³/mol. The highest BCUT2D eigenvalue weighted by Crippen LogP contribution is 2.24. The number of nitrogens with zero attached hydrogens (tertiary/aromatic N) is 1. The monoisotopic (exact) mass is 493 g/mol. The summed E-state index contributed by atoms with van der Waals surface area (Å²) in [6.45, 7) is 0.604. The van der Waals surface area contributed by atoms with E-state index in [4.69, 9.17) is 4.74 Å². The molecule has 0 unspecified atom stereocenters. The number of ether oxygens (including phenoxy) is 1. The third-order valence-corrected chi connectivity index (χ3v) is 5.88. The van der Waals surface area contributed by atoms with E-state index in [1.807, 2.05) is 78.9 Å². The first-order valence-electron chi connectivity index (χ1n) is 12.3. The lowest BCUT2D eigenvalue weighted by molar-refractivity contribution is -0.114. The van der Waals surface area contributed by atoms with Crippen LogP contribution in [-0.2, 0) is 11.2 Å². The quantitative estimate of drug-likeness (QED) is 0.251. The molecule has 4 rings (SSSR count). The molecule has 0 aliphatic carbocycles. The van der Waals surface area contributed by atoms with Crippen LogP contribution in [0.1, 0.15) is 22.3 Å². The number of para-hydroxylation sites is 3. The maximum absolute atomic E-state index is 12.9. The van der Waals surface area contributed by atoms with Crippen molar-refractivity contribution >= 4 is 28.9 Å². The summed E-state index contributed by atoms with van der Waals surface area (Å²) in [4.78, 5) is 27.2. The Kier molecular flexibility index (Phi) is 8.92. The van der Waals surface area contributed by atoms with Crippen molar-refractivity contribution in [2.45, 2.75) is 12.8 Å². The largest absolute Gasteiger partial charge is 0.491 e. The van der Waals surface area contributed by atoms with Gasteiger partial charge < -0.3 is 20.3 Å². The van der Waals surface area contributed by atoms with Gasteiger partial charge in [-0.1, -0.05) is 66.7 Å². The highest BCUT2D eigenvalue weighted by atomic mass is 16.5. The van der Waals surface area contributed by atoms with E-state index in [0.29, 0.717) is 29.3 Å². The van der Waals surface area contributed by atoms with Gasteiger partial charge in [0.15, 0.2) is 0 Å². The highest BCUT2D eigenvalue weighted by molar-refractivity contribution is 6.06. The Bertz CT molecular complexity index is 1310. The second-order valence-corrected chi connectivity index (χ2v) is 8.62. The smallest absolute Gasteiger partial charge is 0.258 e. The molecule has 0 radical (unpaired) electrons. The van der Waals surface area contributed by atoms with Gasteiger partial charge in [-0.3, -0.25) is 9.59 Å². The van der Waals surface area contributed by atoms with Crippen LogP contribution >= 0.6 is 0 Å². The van der Waals surface area contributed by atoms with Crippen LogP contribution in [0.25, 0.3) is 0 Å². The van der Waals surface area contributed by atoms with Crippen LogP contribution in [0.15, 0.2) is 109 Å². The van der Waals surface area contributed by atoms with Gasteiger partial charge in [0.05, 0.1) is 18.8 Å². The molecule has 0 fully saturated rings. The number of carbonyl (C=O) groups is 2. The number of benzene rings is 4. The summed E-state index contributed by atoms with van der Waals surface area (Å²) < 4.78 is 5.95. The molecule has 188 valence electrons. The number of aryl methyl sites for hydroxylation is 1. The second kappa shape index (κ2) is 12.9. The zero-order chi connectivity index (χ0) is 25.9. The van der Waals surface area contributed by atoms with Crippen molar-refractivity contribution in [3.8, 4) is 5.75 Å². The molecule has 0 bridgehead atoms. The second-order valence-electron chi connectivity index (χ2n) is 8.62. The molecule has 0 atom stereocenters. The van der Waals surface area contributed by atoms with E-state index in [1.54, 1.807) is 30.1 Å². The lowest BCUT2D eigenvalue weighted by atomic mass is 10.1. The van der Waals surface area contributed by atoms with Crippen molar-refractivity contribution in [2.24, 2.45) is 0 Å². The SMILES string of the molecule is CN(C(=O)c1cccc(NCC(=O)Nc2ccccc2OCCCc2ccccc2)c1)c1ccccc1. The van der Waals surface area contributed by atoms with Crippen LogP contribution in [-0.4, -0.2) is 32.0 Å². The molecule has 0 spiro atoms. The molecule has 4 aromatic carbocycles. The van der Waals surface area contributed by atoms with Gasteiger partial charge in [-0.05, 0) is 60.9 Å². The minimum absolute atomic E-state index is 0.0501. The van der Waals surface area contributed by atoms with Crippen LogP contribution in [0.2, 0.25) is 0 Å². The van der Waals surface area contributed by atoms with E-state index in [-0.39, 0.29) is 18.4 Å². The molecule has 0 saturated carbocycles. The summed E-state index contributed by atoms with van der Waals surface area (Å²) in [5, 5.41) is 6.02. The fourth-order valence-corrected chi connectivity index (χ4v) is 3.90. The van der Waals surface area contributed by atoms with E-state index in [0.717, 1.165) is 18.5 Å². The first kappa shape index (κ1) is 25.5. The van der Waals surface area contributed by atoms with Gasteiger partial charge in [0.2, 0.25) is 5.91 Å². The van der Waals surface area contributed by atoms with Crippen molar-refractivity contribution in [2.75, 3.05) is 35.7 Å². The molecular formula is C31H31N3O3. The van der Waals surface area contributed by atoms with Crippen LogP contribution in [0.4, 0.5) is 17.1 Å². The lowest BCUT2D eigenvalue weighted by Crippen LogP contribution is -2.26. The van der Waals surface area contributed by atoms with Crippen LogP contribution in [0, 0.1) is 0 Å². The Morgan fingerprint density at radius 2 is 1.51 bits per heavy atom. The minimum atomic E-state index is -0.210. The highest BCUT2D eigenvalue weighted by Gasteiger charge is 2.14. The first-order valence-corrected chi connectivity index (χ1v) is 12.3. The number of rotatable bonds is 11. The van der Waals surface area contributed by atoms with Gasteiger partial charge in [0, 0.05) is 24.0 Å². The van der Waals surface area contributed by atoms with Crippen molar-refractivity contribution in [3.05, 3.63) is 120 Å². The number of nitrogens with one attached hydrogen (secondary N) is 2. The van der Waals surface area contributed by atoms with E-state index in [2.05, 4.69) is 22.8 Å². The van der Waals surface area contributed by atoms with Crippen molar-refractivity contribution in [1.29, 1.82) is 0 Å². The van der Waals surface area contributed by atoms with Crippen molar-refractivity contribution < 1.29 is 14.3 Å². The Hall–Kier alpha value is -4.58. The van der Waals surface area contributed by atoms with Gasteiger partial charge in [-0.2, -0.15) is 0 Å². The number of hydrogen-bond donors (Lipinski definition) is 2. The van der Waals surface area contributed by atoms with Crippen LogP contribution < -0.4 is 20.3 Å². The fraction of sp³-hybridized carbons (Fsp3) is 0.161. The van der Waals surface area contributed by atoms with Crippen molar-refractivity contribution in [1.82, 2.24) is 0 Å². The topological polar surface area (TPSA) is 70.7 Å². The van der Waals surface area contributed by atoms with E-state index >= 15 is 0 Å². The number of carbonyl (C=O) groups excluding carboxylic acids is 2. The maximum atomic E-state index is 12.9. The summed E-state index contributed by atoms with van der Waals surface area (Å²) in [6, 6.07) is 34.3. The average molecular weight is 494 g/mol. The molecule has 0 aliphatic rings. The number of anilines is 3. The third-order valence-electron chi connectivity index (χ3n) is 5.88. The predicted octanol–water partition coefficient (Wildman–Crippen LogP) is 6.03. The summed E-state index contributed by atoms with van der Waals surface area (Å²) in [5.41, 5.74) is 3.93. The summed E-state index contributed by atoms with van der Waals surface area (Å²) >= 11 is 0. The van der Waals surface area contributed by atoms with Gasteiger partial charge >= 0.3 is 0 Å². The molecule has 2 N–H and O–H groups in total. The molecule has 6 heteroatoms. The molecule has 0 aliphatic heterocycles. The first-order chi connectivity index (χ1) is 18.1. The molecule has 4 aromatic rings. The average Bonchev–Trinajstić information content (AvgIpc) is 2.95. The third kappa shape index (κ3) is 7.45. The van der Waals surface area contributed by atoms with E-state index < -0.39 is 0 Å². The fourth-order valence-electron chi connectivity index (χ4n) is 3.90. The summed E-state index contributed by atoms with van der Waals surface area (Å²) in [5.74, 6) is 0.302. The van der Waals surface area contributed by atoms with Crippen LogP contribution in [0.3, 0.4) is 0 Å². The molecule has 0 heterocycles. The van der Waals surface area contributed by atoms with E-state index in [1.165, 1.54) is 5.56 Å². The molecule has 2 amide bonds. The lowest BCUT2D eigenvalue weighted by Gasteiger charge is -2.18. The molecule has 37 heavy (non-hydrogen) atoms. The van der Waals surface area contributed by atoms with Gasteiger partial charge in [0.25, 0.3) is 5.91 Å². The normalized spacial score (nSPS) is 10.4. The summed E-state index contributed by atoms with van der Waals surface area (Å²) in [6.07, 6.45) is 1.81. The number of amides is 2. The van der Waals surface area contributed by atoms with Gasteiger partial charge in [-0.25, -0.2) is 0 Å². The van der Waals surface area contributed by atoms with Gasteiger partial charge in [0.1, 0.15) is 5.75 Å². The minimum Gasteiger partial charge on any atom is -0.491 e. The summed E-state index contributed by atoms with van der Waals surface area (Å²) in [7, 11) is 1.74. The zero-order valence-electron chi connectivity index (χ0n) is 20.9. The Morgan fingerprint density at radius 1 is 0.811 bits per heavy atom. The molecular weight excluding hydrogens is 462 g/mol. The van der Waals surface area contributed by atoms with Crippen LogP contribution in [0.5, 0.6) is 5.75 Å². The van der Waals surface area contributed by atoms with Gasteiger partial charge in [-0.15, -0.1) is 0 Å². The van der Waals surface area contributed by atoms with E-state index in [9.17, 15) is 9.59 Å².